The molecule has 9 heteroatoms. The summed E-state index contributed by atoms with van der Waals surface area (Å²) in [6.07, 6.45) is 5.84. The van der Waals surface area contributed by atoms with E-state index in [9.17, 15) is 29.4 Å². The molecule has 0 aliphatic rings. The zero-order valence-corrected chi connectivity index (χ0v) is 25.5. The third-order valence-electron chi connectivity index (χ3n) is 4.96. The van der Waals surface area contributed by atoms with Gasteiger partial charge in [-0.25, -0.2) is 0 Å². The van der Waals surface area contributed by atoms with Gasteiger partial charge in [0.05, 0.1) is 11.9 Å². The van der Waals surface area contributed by atoms with Gasteiger partial charge in [0.25, 0.3) is 0 Å². The first-order chi connectivity index (χ1) is 17.4. The molecule has 0 fully saturated rings. The van der Waals surface area contributed by atoms with E-state index in [0.717, 1.165) is 0 Å². The summed E-state index contributed by atoms with van der Waals surface area (Å²) in [5, 5.41) is 26.2. The third-order valence-corrected chi connectivity index (χ3v) is 9.00. The summed E-state index contributed by atoms with van der Waals surface area (Å²) >= 11 is 0.149. The van der Waals surface area contributed by atoms with E-state index in [4.69, 9.17) is 0 Å². The number of aromatic carboxylic acids is 2. The Labute approximate surface area is 230 Å². The van der Waals surface area contributed by atoms with Gasteiger partial charge in [-0.15, -0.1) is 0 Å². The summed E-state index contributed by atoms with van der Waals surface area (Å²) in [6.45, 7) is 10.8. The molecule has 2 rings (SSSR count). The molecule has 0 aromatic heterocycles. The topological polar surface area (TPSA) is 138 Å². The van der Waals surface area contributed by atoms with Crippen LogP contribution in [0.2, 0.25) is 8.87 Å². The predicted molar refractivity (Wildman–Crippen MR) is 145 cm³/mol. The third kappa shape index (κ3) is 15.8. The molecule has 0 radical (unpaired) electrons. The van der Waals surface area contributed by atoms with Crippen molar-refractivity contribution in [2.45, 2.75) is 76.1 Å². The summed E-state index contributed by atoms with van der Waals surface area (Å²) in [5.74, 6) is -2.81. The number of unbranched alkanes of at least 4 members (excludes halogenated alkanes) is 2. The number of aryl methyl sites for hydroxylation is 2. The second kappa shape index (κ2) is 19.3. The van der Waals surface area contributed by atoms with E-state index in [0.29, 0.717) is 22.5 Å². The van der Waals surface area contributed by atoms with Crippen molar-refractivity contribution in [1.82, 2.24) is 0 Å². The van der Waals surface area contributed by atoms with Gasteiger partial charge in [0.15, 0.2) is 0 Å². The number of rotatable bonds is 10. The minimum atomic E-state index is -1.22. The van der Waals surface area contributed by atoms with Gasteiger partial charge in [-0.2, -0.15) is 0 Å². The first kappa shape index (κ1) is 34.1. The summed E-state index contributed by atoms with van der Waals surface area (Å²) in [7, 11) is 0. The number of amides is 2. The molecular weight excluding hydrogens is 579 g/mol. The van der Waals surface area contributed by atoms with Gasteiger partial charge in [0.1, 0.15) is 0 Å². The number of carbonyl (C=O) groups is 4. The van der Waals surface area contributed by atoms with Crippen molar-refractivity contribution in [2.24, 2.45) is 0 Å². The fraction of sp³-hybridized carbons (Fsp3) is 0.429. The molecule has 0 atom stereocenters. The first-order valence-electron chi connectivity index (χ1n) is 12.3. The maximum atomic E-state index is 10.7. The van der Waals surface area contributed by atoms with Gasteiger partial charge >= 0.3 is 69.5 Å². The summed E-state index contributed by atoms with van der Waals surface area (Å²) in [5.41, 5.74) is 2.84. The molecule has 0 spiro atoms. The molecule has 2 aromatic carbocycles. The van der Waals surface area contributed by atoms with Crippen LogP contribution in [0.1, 0.15) is 85.2 Å². The van der Waals surface area contributed by atoms with E-state index in [1.807, 2.05) is 0 Å². The van der Waals surface area contributed by atoms with Crippen LogP contribution in [0.15, 0.2) is 36.4 Å². The average Bonchev–Trinajstić information content (AvgIpc) is 2.82. The van der Waals surface area contributed by atoms with Crippen LogP contribution in [0, 0.1) is 13.8 Å². The molecular formula is C28H38N2O6Sn. The van der Waals surface area contributed by atoms with Crippen LogP contribution >= 0.6 is 0 Å². The molecule has 0 aliphatic carbocycles. The molecule has 2 aromatic rings. The fourth-order valence-corrected chi connectivity index (χ4v) is 7.13. The first-order valence-corrected chi connectivity index (χ1v) is 16.4. The number of anilines is 2. The predicted octanol–water partition coefficient (Wildman–Crippen LogP) is 3.76. The maximum absolute atomic E-state index is 10.7. The molecule has 200 valence electrons. The Bertz CT molecular complexity index is 958. The Hall–Kier alpha value is -2.88. The Morgan fingerprint density at radius 3 is 1.30 bits per heavy atom. The molecule has 0 saturated carbocycles. The second-order valence-corrected chi connectivity index (χ2v) is 12.7. The van der Waals surface area contributed by atoms with Crippen molar-refractivity contribution >= 4 is 56.3 Å². The Kier molecular flexibility index (Phi) is 17.8. The minimum absolute atomic E-state index is 0.108. The van der Waals surface area contributed by atoms with Gasteiger partial charge in [-0.1, -0.05) is 12.1 Å². The molecule has 8 nitrogen and oxygen atoms in total. The van der Waals surface area contributed by atoms with E-state index in [1.165, 1.54) is 63.8 Å². The number of benzene rings is 2. The Balaban J connectivity index is 0.000000541. The van der Waals surface area contributed by atoms with E-state index < -0.39 is 11.9 Å². The van der Waals surface area contributed by atoms with Crippen LogP contribution in [0.3, 0.4) is 0 Å². The number of nitrogens with one attached hydrogen (secondary N) is 2. The van der Waals surface area contributed by atoms with Gasteiger partial charge in [0, 0.05) is 25.2 Å². The molecule has 37 heavy (non-hydrogen) atoms. The molecule has 2 N–H and O–H groups in total. The quantitative estimate of drug-likeness (QED) is 0.308. The van der Waals surface area contributed by atoms with Crippen LogP contribution in [0.25, 0.3) is 0 Å². The number of hydrogen-bond donors (Lipinski definition) is 2. The monoisotopic (exact) mass is 618 g/mol. The summed E-state index contributed by atoms with van der Waals surface area (Å²) in [4.78, 5) is 42.5. The van der Waals surface area contributed by atoms with Crippen molar-refractivity contribution in [3.63, 3.8) is 0 Å². The van der Waals surface area contributed by atoms with Crippen LogP contribution in [0.5, 0.6) is 0 Å². The number of carboxylic acids is 2. The van der Waals surface area contributed by atoms with Crippen LogP contribution in [0.4, 0.5) is 11.4 Å². The van der Waals surface area contributed by atoms with Crippen molar-refractivity contribution < 1.29 is 29.4 Å². The zero-order chi connectivity index (χ0) is 28.4. The van der Waals surface area contributed by atoms with Gasteiger partial charge in [-0.3, -0.25) is 9.59 Å². The van der Waals surface area contributed by atoms with E-state index >= 15 is 0 Å². The van der Waals surface area contributed by atoms with Gasteiger partial charge in [-0.05, 0) is 60.4 Å². The van der Waals surface area contributed by atoms with Crippen molar-refractivity contribution in [3.8, 4) is 0 Å². The van der Waals surface area contributed by atoms with E-state index in [2.05, 4.69) is 24.5 Å². The molecule has 0 unspecified atom stereocenters. The normalized spacial score (nSPS) is 9.46. The average molecular weight is 617 g/mol. The Morgan fingerprint density at radius 1 is 0.703 bits per heavy atom. The summed E-state index contributed by atoms with van der Waals surface area (Å²) < 4.78 is 3.25. The van der Waals surface area contributed by atoms with Gasteiger partial charge in [0.2, 0.25) is 11.8 Å². The number of carbonyl (C=O) groups excluding carboxylic acids is 4. The van der Waals surface area contributed by atoms with Crippen LogP contribution in [-0.4, -0.2) is 44.9 Å². The molecule has 0 bridgehead atoms. The van der Waals surface area contributed by atoms with Crippen LogP contribution < -0.4 is 20.8 Å². The SMILES string of the molecule is CC(=O)Nc1ccc(C(=O)[O-])cc1C.CC(=O)Nc1ccc(C(=O)[O-])cc1C.CCC[CH2][Sn+2][CH2]CCC. The van der Waals surface area contributed by atoms with E-state index in [1.54, 1.807) is 34.9 Å². The molecule has 0 heterocycles. The standard InChI is InChI=1S/2C10H11NO3.2C4H9.Sn/c2*1-6-5-8(10(13)14)3-4-9(6)11-7(2)12;2*1-3-4-2;/h2*3-5H,1-2H3,(H,11,12)(H,13,14);2*1,3-4H2,2H3;/q;;;;+2/p-2. The van der Waals surface area contributed by atoms with Crippen molar-refractivity contribution in [3.05, 3.63) is 58.7 Å². The van der Waals surface area contributed by atoms with Crippen LogP contribution in [-0.2, 0) is 9.59 Å². The molecule has 0 aliphatic heterocycles. The fourth-order valence-electron chi connectivity index (χ4n) is 2.97. The van der Waals surface area contributed by atoms with Crippen molar-refractivity contribution in [1.29, 1.82) is 0 Å². The molecule has 2 amide bonds. The summed E-state index contributed by atoms with van der Waals surface area (Å²) in [6, 6.07) is 8.80. The zero-order valence-electron chi connectivity index (χ0n) is 22.7. The van der Waals surface area contributed by atoms with Gasteiger partial charge < -0.3 is 30.4 Å². The number of carboxylic acid groups (broad SMARTS) is 2. The second-order valence-electron chi connectivity index (χ2n) is 8.45. The molecule has 0 saturated heterocycles. The van der Waals surface area contributed by atoms with Crippen molar-refractivity contribution in [2.75, 3.05) is 10.6 Å². The Morgan fingerprint density at radius 2 is 1.05 bits per heavy atom. The van der Waals surface area contributed by atoms with E-state index in [-0.39, 0.29) is 44.1 Å². The number of hydrogen-bond acceptors (Lipinski definition) is 6.